The zero-order chi connectivity index (χ0) is 27.0. The Balaban J connectivity index is 1.70. The van der Waals surface area contributed by atoms with E-state index in [9.17, 15) is 31.5 Å². The number of nitrogens with zero attached hydrogens (tertiary/aromatic N) is 2. The Morgan fingerprint density at radius 1 is 1.22 bits per heavy atom. The largest absolute Gasteiger partial charge is 0.495 e. The van der Waals surface area contributed by atoms with Gasteiger partial charge in [0.25, 0.3) is 0 Å². The minimum atomic E-state index is -4.72. The van der Waals surface area contributed by atoms with Crippen LogP contribution in [0.25, 0.3) is 0 Å². The number of methoxy groups -OCH3 is 1. The first-order chi connectivity index (χ1) is 17.4. The normalized spacial score (nSPS) is 17.3. The van der Waals surface area contributed by atoms with Crippen LogP contribution >= 0.6 is 0 Å². The van der Waals surface area contributed by atoms with Crippen LogP contribution in [-0.2, 0) is 28.9 Å². The summed E-state index contributed by atoms with van der Waals surface area (Å²) in [4.78, 5) is 19.2. The van der Waals surface area contributed by atoms with E-state index < -0.39 is 39.4 Å². The quantitative estimate of drug-likeness (QED) is 0.433. The topological polar surface area (TPSA) is 118 Å². The summed E-state index contributed by atoms with van der Waals surface area (Å²) < 4.78 is 71.1. The fourth-order valence-electron chi connectivity index (χ4n) is 4.69. The lowest BCUT2D eigenvalue weighted by Crippen LogP contribution is -2.22. The molecule has 4 rings (SSSR count). The van der Waals surface area contributed by atoms with E-state index in [1.54, 1.807) is 6.07 Å². The Morgan fingerprint density at radius 3 is 2.59 bits per heavy atom. The number of nitrogens with one attached hydrogen (secondary N) is 1. The van der Waals surface area contributed by atoms with Crippen molar-refractivity contribution in [3.8, 4) is 5.75 Å². The highest BCUT2D eigenvalue weighted by Crippen LogP contribution is 2.42. The van der Waals surface area contributed by atoms with Gasteiger partial charge >= 0.3 is 12.1 Å². The minimum Gasteiger partial charge on any atom is -0.495 e. The number of benzene rings is 2. The molecule has 0 amide bonds. The van der Waals surface area contributed by atoms with E-state index in [1.165, 1.54) is 25.3 Å². The van der Waals surface area contributed by atoms with Crippen LogP contribution in [0, 0.1) is 5.92 Å². The van der Waals surface area contributed by atoms with Crippen molar-refractivity contribution in [3.63, 3.8) is 0 Å². The summed E-state index contributed by atoms with van der Waals surface area (Å²) in [5, 5.41) is 12.0. The van der Waals surface area contributed by atoms with Gasteiger partial charge in [0.05, 0.1) is 35.4 Å². The molecular weight excluding hydrogens is 511 g/mol. The van der Waals surface area contributed by atoms with Gasteiger partial charge in [-0.25, -0.2) is 23.2 Å². The van der Waals surface area contributed by atoms with Crippen molar-refractivity contribution in [2.45, 2.75) is 24.9 Å². The number of halogens is 3. The number of ether oxygens (including phenoxy) is 1. The number of fused-ring (bicyclic) bond motifs is 1. The summed E-state index contributed by atoms with van der Waals surface area (Å²) >= 11 is 0. The van der Waals surface area contributed by atoms with Crippen LogP contribution in [0.15, 0.2) is 48.7 Å². The average Bonchev–Trinajstić information content (AvgIpc) is 3.14. The molecule has 196 valence electrons. The van der Waals surface area contributed by atoms with E-state index in [2.05, 4.69) is 15.3 Å². The molecule has 2 N–H and O–H groups in total. The van der Waals surface area contributed by atoms with Gasteiger partial charge < -0.3 is 15.2 Å². The van der Waals surface area contributed by atoms with Crippen molar-refractivity contribution in [1.29, 1.82) is 0 Å². The highest BCUT2D eigenvalue weighted by molar-refractivity contribution is 7.90. The van der Waals surface area contributed by atoms with E-state index in [0.717, 1.165) is 17.4 Å². The molecule has 3 aromatic rings. The molecule has 0 spiro atoms. The number of carboxylic acids is 1. The van der Waals surface area contributed by atoms with Gasteiger partial charge in [-0.2, -0.15) is 13.2 Å². The molecule has 1 heterocycles. The number of aromatic nitrogens is 2. The number of alkyl halides is 3. The number of sulfone groups is 1. The minimum absolute atomic E-state index is 0.0332. The van der Waals surface area contributed by atoms with Crippen molar-refractivity contribution in [1.82, 2.24) is 9.97 Å². The molecule has 2 atom stereocenters. The van der Waals surface area contributed by atoms with Crippen LogP contribution in [0.2, 0.25) is 0 Å². The first-order valence-corrected chi connectivity index (χ1v) is 13.3. The summed E-state index contributed by atoms with van der Waals surface area (Å²) in [6.45, 7) is 0. The van der Waals surface area contributed by atoms with Crippen molar-refractivity contribution in [2.24, 2.45) is 5.92 Å². The van der Waals surface area contributed by atoms with Crippen LogP contribution in [0.5, 0.6) is 5.75 Å². The fraction of sp³-hybridized carbons (Fsp3) is 0.320. The van der Waals surface area contributed by atoms with Crippen LogP contribution in [0.1, 0.15) is 38.7 Å². The maximum Gasteiger partial charge on any atom is 0.419 e. The van der Waals surface area contributed by atoms with Gasteiger partial charge in [-0.3, -0.25) is 0 Å². The fourth-order valence-corrected chi connectivity index (χ4v) is 5.80. The molecule has 1 aliphatic rings. The number of rotatable bonds is 8. The molecule has 0 radical (unpaired) electrons. The summed E-state index contributed by atoms with van der Waals surface area (Å²) in [6.07, 6.45) is -2.61. The number of hydrogen-bond donors (Lipinski definition) is 2. The van der Waals surface area contributed by atoms with E-state index in [1.807, 2.05) is 18.2 Å². The molecule has 0 saturated carbocycles. The summed E-state index contributed by atoms with van der Waals surface area (Å²) in [5.41, 5.74) is 0.700. The third kappa shape index (κ3) is 6.01. The maximum absolute atomic E-state index is 13.9. The summed E-state index contributed by atoms with van der Waals surface area (Å²) in [5.74, 6) is -2.23. The number of hydrogen-bond acceptors (Lipinski definition) is 7. The first kappa shape index (κ1) is 26.4. The van der Waals surface area contributed by atoms with Gasteiger partial charge in [0, 0.05) is 18.4 Å². The predicted octanol–water partition coefficient (Wildman–Crippen LogP) is 4.49. The number of carboxylic acid groups (broad SMARTS) is 1. The lowest BCUT2D eigenvalue weighted by Gasteiger charge is -2.22. The monoisotopic (exact) mass is 535 g/mol. The van der Waals surface area contributed by atoms with Crippen molar-refractivity contribution in [3.05, 3.63) is 76.6 Å². The molecule has 8 nitrogen and oxygen atoms in total. The molecule has 0 fully saturated rings. The van der Waals surface area contributed by atoms with Crippen LogP contribution in [0.4, 0.5) is 24.8 Å². The van der Waals surface area contributed by atoms with Crippen molar-refractivity contribution in [2.75, 3.05) is 24.4 Å². The van der Waals surface area contributed by atoms with Crippen LogP contribution in [0.3, 0.4) is 0 Å². The zero-order valence-corrected chi connectivity index (χ0v) is 20.7. The van der Waals surface area contributed by atoms with Gasteiger partial charge in [-0.1, -0.05) is 24.3 Å². The lowest BCUT2D eigenvalue weighted by atomic mass is 9.89. The third-order valence-electron chi connectivity index (χ3n) is 6.31. The summed E-state index contributed by atoms with van der Waals surface area (Å²) in [7, 11) is -2.08. The number of aromatic carboxylic acids is 1. The molecule has 1 aliphatic carbocycles. The maximum atomic E-state index is 13.9. The summed E-state index contributed by atoms with van der Waals surface area (Å²) in [6, 6.07) is 11.2. The highest BCUT2D eigenvalue weighted by atomic mass is 32.2. The predicted molar refractivity (Wildman–Crippen MR) is 130 cm³/mol. The number of carbonyl (C=O) groups is 1. The first-order valence-electron chi connectivity index (χ1n) is 11.2. The van der Waals surface area contributed by atoms with E-state index in [0.29, 0.717) is 12.6 Å². The van der Waals surface area contributed by atoms with Gasteiger partial charge in [-0.15, -0.1) is 0 Å². The Hall–Kier alpha value is -3.67. The Bertz CT molecular complexity index is 1440. The van der Waals surface area contributed by atoms with E-state index in [-0.39, 0.29) is 40.8 Å². The van der Waals surface area contributed by atoms with Crippen molar-refractivity contribution < 1.29 is 36.2 Å². The molecule has 37 heavy (non-hydrogen) atoms. The SMILES string of the molecule is COc1cc(C(=O)O)ccc1Nc1ncc(C(F)(F)F)c(C[C@@H]2Cc3ccccc3[C@H]2CS(C)(=O)=O)n1. The van der Waals surface area contributed by atoms with E-state index in [4.69, 9.17) is 4.74 Å². The molecule has 1 aromatic heterocycles. The second-order valence-corrected chi connectivity index (χ2v) is 11.1. The molecule has 0 unspecified atom stereocenters. The lowest BCUT2D eigenvalue weighted by molar-refractivity contribution is -0.138. The molecule has 2 aromatic carbocycles. The molecule has 12 heteroatoms. The average molecular weight is 536 g/mol. The Labute approximate surface area is 211 Å². The van der Waals surface area contributed by atoms with Crippen LogP contribution in [-0.4, -0.2) is 48.6 Å². The van der Waals surface area contributed by atoms with Gasteiger partial charge in [0.1, 0.15) is 15.6 Å². The molecule has 0 bridgehead atoms. The Morgan fingerprint density at radius 2 is 1.95 bits per heavy atom. The van der Waals surface area contributed by atoms with Crippen LogP contribution < -0.4 is 10.1 Å². The second-order valence-electron chi connectivity index (χ2n) is 8.96. The number of anilines is 2. The van der Waals surface area contributed by atoms with Gasteiger partial charge in [0.15, 0.2) is 0 Å². The Kier molecular flexibility index (Phi) is 7.13. The molecule has 0 saturated heterocycles. The smallest absolute Gasteiger partial charge is 0.419 e. The highest BCUT2D eigenvalue weighted by Gasteiger charge is 2.39. The molecule has 0 aliphatic heterocycles. The van der Waals surface area contributed by atoms with Crippen molar-refractivity contribution >= 4 is 27.4 Å². The zero-order valence-electron chi connectivity index (χ0n) is 19.9. The standard InChI is InChI=1S/C25H24F3N3O5S/c1-36-22-11-15(23(32)33)7-8-20(22)30-24-29-12-19(25(26,27)28)21(31-24)10-16-9-14-5-3-4-6-17(14)18(16)13-37(2,34)35/h3-8,11-12,16,18H,9-10,13H2,1-2H3,(H,32,33)(H,29,30,31)/t16-,18-/m0/s1. The molecular formula is C25H24F3N3O5S. The third-order valence-corrected chi connectivity index (χ3v) is 7.28. The second kappa shape index (κ2) is 10.0. The van der Waals surface area contributed by atoms with E-state index >= 15 is 0 Å². The van der Waals surface area contributed by atoms with Gasteiger partial charge in [-0.05, 0) is 48.1 Å². The van der Waals surface area contributed by atoms with Gasteiger partial charge in [0.2, 0.25) is 5.95 Å².